The molecule has 1 aliphatic carbocycles. The number of hydrogen-bond acceptors (Lipinski definition) is 5. The highest BCUT2D eigenvalue weighted by Gasteiger charge is 2.27. The van der Waals surface area contributed by atoms with Gasteiger partial charge in [0.05, 0.1) is 31.4 Å². The zero-order valence-corrected chi connectivity index (χ0v) is 14.2. The molecule has 3 N–H and O–H groups in total. The van der Waals surface area contributed by atoms with E-state index in [1.165, 1.54) is 20.3 Å². The van der Waals surface area contributed by atoms with E-state index in [0.717, 1.165) is 0 Å². The lowest BCUT2D eigenvalue weighted by Gasteiger charge is -2.27. The number of hydrogen-bond donors (Lipinski definition) is 3. The molecule has 0 aromatic heterocycles. The molecule has 0 spiro atoms. The fourth-order valence-corrected chi connectivity index (χ4v) is 2.87. The van der Waals surface area contributed by atoms with E-state index in [-0.39, 0.29) is 17.5 Å². The lowest BCUT2D eigenvalue weighted by Crippen LogP contribution is -2.41. The van der Waals surface area contributed by atoms with Gasteiger partial charge in [-0.05, 0) is 43.9 Å². The van der Waals surface area contributed by atoms with E-state index in [9.17, 15) is 14.4 Å². The zero-order chi connectivity index (χ0) is 18.4. The van der Waals surface area contributed by atoms with Crippen molar-refractivity contribution in [3.05, 3.63) is 23.8 Å². The van der Waals surface area contributed by atoms with Gasteiger partial charge in [0.1, 0.15) is 5.75 Å². The molecular weight excluding hydrogens is 328 g/mol. The van der Waals surface area contributed by atoms with Crippen LogP contribution in [-0.4, -0.2) is 43.3 Å². The first-order valence-electron chi connectivity index (χ1n) is 8.01. The summed E-state index contributed by atoms with van der Waals surface area (Å²) in [5.74, 6) is -1.24. The van der Waals surface area contributed by atoms with Crippen molar-refractivity contribution in [2.24, 2.45) is 5.92 Å². The highest BCUT2D eigenvalue weighted by molar-refractivity contribution is 6.01. The Hall–Kier alpha value is -2.77. The number of carboxylic acid groups (broad SMARTS) is 1. The van der Waals surface area contributed by atoms with Gasteiger partial charge in [0, 0.05) is 6.04 Å². The largest absolute Gasteiger partial charge is 0.497 e. The fraction of sp³-hybridized carbons (Fsp3) is 0.471. The number of anilines is 1. The van der Waals surface area contributed by atoms with Crippen molar-refractivity contribution in [2.75, 3.05) is 19.5 Å². The van der Waals surface area contributed by atoms with Crippen LogP contribution in [0.15, 0.2) is 18.2 Å². The average Bonchev–Trinajstić information content (AvgIpc) is 2.61. The zero-order valence-electron chi connectivity index (χ0n) is 14.2. The van der Waals surface area contributed by atoms with Crippen molar-refractivity contribution < 1.29 is 29.0 Å². The first-order valence-corrected chi connectivity index (χ1v) is 8.01. The number of aliphatic carboxylic acids is 1. The van der Waals surface area contributed by atoms with Crippen molar-refractivity contribution in [1.82, 2.24) is 5.32 Å². The smallest absolute Gasteiger partial charge is 0.340 e. The van der Waals surface area contributed by atoms with Gasteiger partial charge in [-0.2, -0.15) is 0 Å². The van der Waals surface area contributed by atoms with Gasteiger partial charge in [-0.25, -0.2) is 9.59 Å². The third-order valence-corrected chi connectivity index (χ3v) is 4.29. The summed E-state index contributed by atoms with van der Waals surface area (Å²) in [6.45, 7) is 0. The summed E-state index contributed by atoms with van der Waals surface area (Å²) in [5, 5.41) is 14.4. The molecule has 0 saturated heterocycles. The van der Waals surface area contributed by atoms with Gasteiger partial charge in [-0.15, -0.1) is 0 Å². The Balaban J connectivity index is 1.99. The average molecular weight is 350 g/mol. The number of methoxy groups -OCH3 is 2. The van der Waals surface area contributed by atoms with Crippen LogP contribution < -0.4 is 15.4 Å². The number of urea groups is 1. The molecule has 8 heteroatoms. The molecule has 2 amide bonds. The van der Waals surface area contributed by atoms with E-state index in [0.29, 0.717) is 37.1 Å². The molecule has 1 aromatic carbocycles. The molecule has 1 aliphatic rings. The molecule has 8 nitrogen and oxygen atoms in total. The summed E-state index contributed by atoms with van der Waals surface area (Å²) >= 11 is 0. The molecule has 136 valence electrons. The van der Waals surface area contributed by atoms with E-state index in [4.69, 9.17) is 14.6 Å². The Morgan fingerprint density at radius 1 is 1.12 bits per heavy atom. The van der Waals surface area contributed by atoms with E-state index in [2.05, 4.69) is 10.6 Å². The Kier molecular flexibility index (Phi) is 6.21. The van der Waals surface area contributed by atoms with Crippen molar-refractivity contribution in [2.45, 2.75) is 31.7 Å². The third kappa shape index (κ3) is 4.85. The molecule has 0 unspecified atom stereocenters. The monoisotopic (exact) mass is 350 g/mol. The van der Waals surface area contributed by atoms with Gasteiger partial charge in [0.25, 0.3) is 0 Å². The van der Waals surface area contributed by atoms with Crippen LogP contribution in [0.25, 0.3) is 0 Å². The SMILES string of the molecule is COC(=O)c1cc(OC)ccc1NC(=O)NC1CCC(C(=O)O)CC1. The molecule has 0 heterocycles. The highest BCUT2D eigenvalue weighted by Crippen LogP contribution is 2.25. The number of carbonyl (C=O) groups is 3. The number of esters is 1. The molecule has 1 saturated carbocycles. The summed E-state index contributed by atoms with van der Waals surface area (Å²) in [7, 11) is 2.73. The van der Waals surface area contributed by atoms with Gasteiger partial charge in [-0.1, -0.05) is 0 Å². The Morgan fingerprint density at radius 2 is 1.80 bits per heavy atom. The normalized spacial score (nSPS) is 19.6. The number of ether oxygens (including phenoxy) is 2. The second kappa shape index (κ2) is 8.36. The standard InChI is InChI=1S/C17H22N2O6/c1-24-12-7-8-14(13(9-12)16(22)25-2)19-17(23)18-11-5-3-10(4-6-11)15(20)21/h7-11H,3-6H2,1-2H3,(H,20,21)(H2,18,19,23). The maximum Gasteiger partial charge on any atom is 0.340 e. The van der Waals surface area contributed by atoms with Crippen LogP contribution in [0.5, 0.6) is 5.75 Å². The van der Waals surface area contributed by atoms with Crippen molar-refractivity contribution in [3.8, 4) is 5.75 Å². The van der Waals surface area contributed by atoms with Crippen LogP contribution in [0, 0.1) is 5.92 Å². The van der Waals surface area contributed by atoms with E-state index < -0.39 is 18.0 Å². The van der Waals surface area contributed by atoms with Crippen molar-refractivity contribution in [1.29, 1.82) is 0 Å². The molecule has 25 heavy (non-hydrogen) atoms. The third-order valence-electron chi connectivity index (χ3n) is 4.29. The van der Waals surface area contributed by atoms with Crippen LogP contribution in [0.2, 0.25) is 0 Å². The lowest BCUT2D eigenvalue weighted by molar-refractivity contribution is -0.142. The number of carboxylic acids is 1. The van der Waals surface area contributed by atoms with E-state index in [1.54, 1.807) is 12.1 Å². The predicted molar refractivity (Wildman–Crippen MR) is 89.9 cm³/mol. The topological polar surface area (TPSA) is 114 Å². The molecule has 1 aromatic rings. The van der Waals surface area contributed by atoms with E-state index in [1.807, 2.05) is 0 Å². The van der Waals surface area contributed by atoms with Crippen molar-refractivity contribution in [3.63, 3.8) is 0 Å². The van der Waals surface area contributed by atoms with Gasteiger partial charge < -0.3 is 25.2 Å². The Bertz CT molecular complexity index is 653. The summed E-state index contributed by atoms with van der Waals surface area (Å²) < 4.78 is 9.80. The predicted octanol–water partition coefficient (Wildman–Crippen LogP) is 2.25. The van der Waals surface area contributed by atoms with Gasteiger partial charge in [0.2, 0.25) is 0 Å². The molecular formula is C17H22N2O6. The first-order chi connectivity index (χ1) is 11.9. The minimum absolute atomic E-state index is 0.0876. The second-order valence-electron chi connectivity index (χ2n) is 5.89. The second-order valence-corrected chi connectivity index (χ2v) is 5.89. The minimum Gasteiger partial charge on any atom is -0.497 e. The maximum absolute atomic E-state index is 12.2. The van der Waals surface area contributed by atoms with Gasteiger partial charge in [0.15, 0.2) is 0 Å². The number of benzene rings is 1. The number of carbonyl (C=O) groups excluding carboxylic acids is 2. The fourth-order valence-electron chi connectivity index (χ4n) is 2.87. The molecule has 1 fully saturated rings. The van der Waals surface area contributed by atoms with E-state index >= 15 is 0 Å². The van der Waals surface area contributed by atoms with Crippen LogP contribution >= 0.6 is 0 Å². The van der Waals surface area contributed by atoms with Crippen molar-refractivity contribution >= 4 is 23.7 Å². The summed E-state index contributed by atoms with van der Waals surface area (Å²) in [6, 6.07) is 4.13. The lowest BCUT2D eigenvalue weighted by atomic mass is 9.86. The Labute approximate surface area is 145 Å². The van der Waals surface area contributed by atoms with Gasteiger partial charge >= 0.3 is 18.0 Å². The maximum atomic E-state index is 12.2. The molecule has 2 rings (SSSR count). The van der Waals surface area contributed by atoms with Crippen LogP contribution in [0.3, 0.4) is 0 Å². The molecule has 0 aliphatic heterocycles. The van der Waals surface area contributed by atoms with Gasteiger partial charge in [-0.3, -0.25) is 4.79 Å². The number of nitrogens with one attached hydrogen (secondary N) is 2. The van der Waals surface area contributed by atoms with Crippen LogP contribution in [-0.2, 0) is 9.53 Å². The molecule has 0 bridgehead atoms. The number of amides is 2. The number of rotatable bonds is 5. The summed E-state index contributed by atoms with van der Waals surface area (Å²) in [6.07, 6.45) is 2.29. The quantitative estimate of drug-likeness (QED) is 0.702. The van der Waals surface area contributed by atoms with Crippen LogP contribution in [0.1, 0.15) is 36.0 Å². The summed E-state index contributed by atoms with van der Waals surface area (Å²) in [4.78, 5) is 35.0. The molecule has 0 atom stereocenters. The van der Waals surface area contributed by atoms with Crippen LogP contribution in [0.4, 0.5) is 10.5 Å². The molecule has 0 radical (unpaired) electrons. The summed E-state index contributed by atoms with van der Waals surface area (Å²) in [5.41, 5.74) is 0.496. The first kappa shape index (κ1) is 18.6. The minimum atomic E-state index is -0.788. The Morgan fingerprint density at radius 3 is 2.36 bits per heavy atom. The highest BCUT2D eigenvalue weighted by atomic mass is 16.5.